The molecule has 0 atom stereocenters. The van der Waals surface area contributed by atoms with E-state index in [0.717, 1.165) is 30.4 Å². The minimum atomic E-state index is -0.884. The van der Waals surface area contributed by atoms with Gasteiger partial charge < -0.3 is 10.1 Å². The molecule has 0 aliphatic heterocycles. The molecule has 4 nitrogen and oxygen atoms in total. The maximum atomic E-state index is 12.6. The van der Waals surface area contributed by atoms with Crippen LogP contribution in [0.15, 0.2) is 18.2 Å². The fraction of sp³-hybridized carbons (Fsp3) is 0.600. The summed E-state index contributed by atoms with van der Waals surface area (Å²) in [6, 6.07) is 5.52. The highest BCUT2D eigenvalue weighted by molar-refractivity contribution is 6.30. The van der Waals surface area contributed by atoms with Crippen LogP contribution in [-0.4, -0.2) is 24.0 Å². The smallest absolute Gasteiger partial charge is 0.331 e. The summed E-state index contributed by atoms with van der Waals surface area (Å²) in [4.78, 5) is 25.2. The number of esters is 1. The molecule has 0 bridgehead atoms. The molecule has 0 radical (unpaired) electrons. The molecule has 1 aromatic rings. The first-order chi connectivity index (χ1) is 11.9. The lowest BCUT2D eigenvalue weighted by molar-refractivity contribution is -0.155. The molecule has 5 heteroatoms. The van der Waals surface area contributed by atoms with E-state index in [9.17, 15) is 9.59 Å². The molecule has 2 rings (SSSR count). The van der Waals surface area contributed by atoms with Crippen molar-refractivity contribution in [3.05, 3.63) is 34.3 Å². The Balaban J connectivity index is 2.12. The molecule has 0 heterocycles. The molecule has 25 heavy (non-hydrogen) atoms. The number of carbonyl (C=O) groups is 2. The largest absolute Gasteiger partial charge is 0.464 e. The molecular formula is C20H28ClNO3. The number of benzene rings is 1. The van der Waals surface area contributed by atoms with Gasteiger partial charge >= 0.3 is 5.97 Å². The summed E-state index contributed by atoms with van der Waals surface area (Å²) >= 11 is 6.04. The second kappa shape index (κ2) is 8.70. The lowest BCUT2D eigenvalue weighted by Gasteiger charge is -2.38. The second-order valence-electron chi connectivity index (χ2n) is 6.95. The van der Waals surface area contributed by atoms with E-state index in [2.05, 4.69) is 12.2 Å². The van der Waals surface area contributed by atoms with Crippen molar-refractivity contribution in [2.45, 2.75) is 64.8 Å². The van der Waals surface area contributed by atoms with Crippen LogP contribution in [0.4, 0.5) is 0 Å². The van der Waals surface area contributed by atoms with Crippen LogP contribution < -0.4 is 5.32 Å². The van der Waals surface area contributed by atoms with Crippen molar-refractivity contribution in [2.24, 2.45) is 5.92 Å². The van der Waals surface area contributed by atoms with Crippen LogP contribution in [0, 0.1) is 12.8 Å². The van der Waals surface area contributed by atoms with E-state index >= 15 is 0 Å². The Morgan fingerprint density at radius 1 is 1.28 bits per heavy atom. The molecule has 0 unspecified atom stereocenters. The summed E-state index contributed by atoms with van der Waals surface area (Å²) in [5.41, 5.74) is 1.01. The van der Waals surface area contributed by atoms with Crippen molar-refractivity contribution in [2.75, 3.05) is 6.61 Å². The summed E-state index contributed by atoms with van der Waals surface area (Å²) < 4.78 is 5.27. The van der Waals surface area contributed by atoms with E-state index in [-0.39, 0.29) is 18.3 Å². The Labute approximate surface area is 155 Å². The predicted molar refractivity (Wildman–Crippen MR) is 99.6 cm³/mol. The minimum absolute atomic E-state index is 0.159. The molecule has 0 saturated heterocycles. The van der Waals surface area contributed by atoms with Crippen LogP contribution in [0.3, 0.4) is 0 Å². The van der Waals surface area contributed by atoms with Gasteiger partial charge in [0.2, 0.25) is 5.91 Å². The fourth-order valence-electron chi connectivity index (χ4n) is 3.54. The molecule has 1 amide bonds. The van der Waals surface area contributed by atoms with Crippen molar-refractivity contribution in [3.8, 4) is 0 Å². The van der Waals surface area contributed by atoms with E-state index in [1.54, 1.807) is 6.92 Å². The first kappa shape index (κ1) is 19.8. The van der Waals surface area contributed by atoms with E-state index in [0.29, 0.717) is 30.4 Å². The average Bonchev–Trinajstić information content (AvgIpc) is 2.59. The Morgan fingerprint density at radius 2 is 1.96 bits per heavy atom. The van der Waals surface area contributed by atoms with Gasteiger partial charge in [-0.05, 0) is 68.7 Å². The molecule has 1 aliphatic rings. The standard InChI is InChI=1S/C20H28ClNO3/c1-4-15-8-10-20(11-9-15,19(24)25-5-2)22-18(23)13-16-12-17(21)7-6-14(16)3/h6-7,12,15H,4-5,8-11,13H2,1-3H3,(H,22,23). The van der Waals surface area contributed by atoms with Crippen molar-refractivity contribution in [3.63, 3.8) is 0 Å². The SMILES string of the molecule is CCOC(=O)C1(NC(=O)Cc2cc(Cl)ccc2C)CCC(CC)CC1. The highest BCUT2D eigenvalue weighted by Crippen LogP contribution is 2.35. The topological polar surface area (TPSA) is 55.4 Å². The lowest BCUT2D eigenvalue weighted by Crippen LogP contribution is -2.57. The van der Waals surface area contributed by atoms with Gasteiger partial charge in [-0.25, -0.2) is 4.79 Å². The van der Waals surface area contributed by atoms with E-state index < -0.39 is 5.54 Å². The van der Waals surface area contributed by atoms with Crippen LogP contribution in [0.5, 0.6) is 0 Å². The minimum Gasteiger partial charge on any atom is -0.464 e. The Hall–Kier alpha value is -1.55. The molecule has 1 N–H and O–H groups in total. The number of aryl methyl sites for hydroxylation is 1. The fourth-order valence-corrected chi connectivity index (χ4v) is 3.74. The Bertz CT molecular complexity index is 621. The quantitative estimate of drug-likeness (QED) is 0.768. The molecule has 1 aromatic carbocycles. The van der Waals surface area contributed by atoms with Gasteiger partial charge in [-0.1, -0.05) is 31.0 Å². The van der Waals surface area contributed by atoms with E-state index in [1.807, 2.05) is 25.1 Å². The molecule has 1 fully saturated rings. The summed E-state index contributed by atoms with van der Waals surface area (Å²) in [6.07, 6.45) is 4.48. The number of hydrogen-bond donors (Lipinski definition) is 1. The first-order valence-electron chi connectivity index (χ1n) is 9.13. The number of rotatable bonds is 6. The van der Waals surface area contributed by atoms with Gasteiger partial charge in [0.1, 0.15) is 5.54 Å². The van der Waals surface area contributed by atoms with Gasteiger partial charge in [0.05, 0.1) is 13.0 Å². The van der Waals surface area contributed by atoms with E-state index in [1.165, 1.54) is 0 Å². The van der Waals surface area contributed by atoms with Crippen molar-refractivity contribution in [1.29, 1.82) is 0 Å². The average molecular weight is 366 g/mol. The zero-order chi connectivity index (χ0) is 18.4. The van der Waals surface area contributed by atoms with Gasteiger partial charge in [0, 0.05) is 5.02 Å². The number of nitrogens with one attached hydrogen (secondary N) is 1. The molecular weight excluding hydrogens is 338 g/mol. The highest BCUT2D eigenvalue weighted by atomic mass is 35.5. The zero-order valence-corrected chi connectivity index (χ0v) is 16.1. The van der Waals surface area contributed by atoms with Gasteiger partial charge in [0.25, 0.3) is 0 Å². The molecule has 0 spiro atoms. The first-order valence-corrected chi connectivity index (χ1v) is 9.51. The monoisotopic (exact) mass is 365 g/mol. The Morgan fingerprint density at radius 3 is 2.56 bits per heavy atom. The number of halogens is 1. The third-order valence-corrected chi connectivity index (χ3v) is 5.48. The normalized spacial score (nSPS) is 23.1. The predicted octanol–water partition coefficient (Wildman–Crippen LogP) is 4.21. The summed E-state index contributed by atoms with van der Waals surface area (Å²) in [5, 5.41) is 3.61. The van der Waals surface area contributed by atoms with Crippen LogP contribution in [-0.2, 0) is 20.7 Å². The highest BCUT2D eigenvalue weighted by Gasteiger charge is 2.44. The van der Waals surface area contributed by atoms with Gasteiger partial charge in [0.15, 0.2) is 0 Å². The third kappa shape index (κ3) is 4.97. The number of amides is 1. The number of carbonyl (C=O) groups excluding carboxylic acids is 2. The van der Waals surface area contributed by atoms with Crippen LogP contribution in [0.2, 0.25) is 5.02 Å². The van der Waals surface area contributed by atoms with E-state index in [4.69, 9.17) is 16.3 Å². The van der Waals surface area contributed by atoms with Crippen molar-refractivity contribution >= 4 is 23.5 Å². The third-order valence-electron chi connectivity index (χ3n) is 5.24. The maximum Gasteiger partial charge on any atom is 0.331 e. The molecule has 1 saturated carbocycles. The number of ether oxygens (including phenoxy) is 1. The van der Waals surface area contributed by atoms with Gasteiger partial charge in [-0.15, -0.1) is 0 Å². The maximum absolute atomic E-state index is 12.6. The Kier molecular flexibility index (Phi) is 6.88. The lowest BCUT2D eigenvalue weighted by atomic mass is 9.75. The van der Waals surface area contributed by atoms with Crippen LogP contribution in [0.25, 0.3) is 0 Å². The molecule has 138 valence electrons. The summed E-state index contributed by atoms with van der Waals surface area (Å²) in [5.74, 6) is 0.156. The zero-order valence-electron chi connectivity index (χ0n) is 15.4. The van der Waals surface area contributed by atoms with Gasteiger partial charge in [-0.3, -0.25) is 4.79 Å². The summed E-state index contributed by atoms with van der Waals surface area (Å²) in [6.45, 7) is 6.23. The van der Waals surface area contributed by atoms with Gasteiger partial charge in [-0.2, -0.15) is 0 Å². The van der Waals surface area contributed by atoms with Crippen molar-refractivity contribution < 1.29 is 14.3 Å². The molecule has 1 aliphatic carbocycles. The summed E-state index contributed by atoms with van der Waals surface area (Å²) in [7, 11) is 0. The number of hydrogen-bond acceptors (Lipinski definition) is 3. The van der Waals surface area contributed by atoms with Crippen LogP contribution >= 0.6 is 11.6 Å². The van der Waals surface area contributed by atoms with Crippen LogP contribution in [0.1, 0.15) is 57.1 Å². The van der Waals surface area contributed by atoms with Crippen molar-refractivity contribution in [1.82, 2.24) is 5.32 Å². The second-order valence-corrected chi connectivity index (χ2v) is 7.39. The molecule has 0 aromatic heterocycles.